The van der Waals surface area contributed by atoms with E-state index in [1.54, 1.807) is 17.6 Å². The van der Waals surface area contributed by atoms with Crippen LogP contribution >= 0.6 is 11.3 Å². The molecule has 0 aliphatic carbocycles. The van der Waals surface area contributed by atoms with E-state index in [9.17, 15) is 5.11 Å². The molecule has 6 heteroatoms. The van der Waals surface area contributed by atoms with Gasteiger partial charge in [-0.3, -0.25) is 4.98 Å². The van der Waals surface area contributed by atoms with E-state index in [-0.39, 0.29) is 0 Å². The van der Waals surface area contributed by atoms with E-state index in [0.717, 1.165) is 26.9 Å². The smallest absolute Gasteiger partial charge is 0.212 e. The molecule has 0 aliphatic rings. The number of nitrogens with zero attached hydrogens (tertiary/aromatic N) is 4. The topological polar surface area (TPSA) is 63.3 Å². The quantitative estimate of drug-likeness (QED) is 0.794. The predicted octanol–water partition coefficient (Wildman–Crippen LogP) is 2.14. The highest BCUT2D eigenvalue weighted by atomic mass is 32.1. The summed E-state index contributed by atoms with van der Waals surface area (Å²) in [5.74, 6) is 0.777. The van der Waals surface area contributed by atoms with Gasteiger partial charge in [-0.25, -0.2) is 9.50 Å². The van der Waals surface area contributed by atoms with Crippen LogP contribution in [0.2, 0.25) is 0 Å². The summed E-state index contributed by atoms with van der Waals surface area (Å²) in [6.07, 6.45) is 3.77. The number of fused-ring (bicyclic) bond motifs is 1. The fourth-order valence-electron chi connectivity index (χ4n) is 2.05. The van der Waals surface area contributed by atoms with Crippen molar-refractivity contribution in [3.05, 3.63) is 46.5 Å². The van der Waals surface area contributed by atoms with Gasteiger partial charge in [-0.1, -0.05) is 17.4 Å². The van der Waals surface area contributed by atoms with Crippen molar-refractivity contribution in [1.82, 2.24) is 19.6 Å². The van der Waals surface area contributed by atoms with Crippen molar-refractivity contribution in [2.24, 2.45) is 0 Å². The Bertz CT molecular complexity index is 702. The number of pyridine rings is 1. The highest BCUT2D eigenvalue weighted by molar-refractivity contribution is 7.17. The highest BCUT2D eigenvalue weighted by Crippen LogP contribution is 2.27. The fourth-order valence-corrected chi connectivity index (χ4v) is 3.06. The Morgan fingerprint density at radius 3 is 2.95 bits per heavy atom. The lowest BCUT2D eigenvalue weighted by atomic mass is 10.2. The van der Waals surface area contributed by atoms with Gasteiger partial charge in [-0.15, -0.1) is 5.10 Å². The average Bonchev–Trinajstić information content (AvgIpc) is 2.90. The van der Waals surface area contributed by atoms with Crippen LogP contribution < -0.4 is 0 Å². The summed E-state index contributed by atoms with van der Waals surface area (Å²) in [5.41, 5.74) is 2.05. The van der Waals surface area contributed by atoms with Gasteiger partial charge < -0.3 is 5.11 Å². The molecule has 0 amide bonds. The molecule has 3 heterocycles. The Hall–Kier alpha value is -1.79. The van der Waals surface area contributed by atoms with E-state index in [1.807, 2.05) is 25.3 Å². The van der Waals surface area contributed by atoms with E-state index in [4.69, 9.17) is 0 Å². The summed E-state index contributed by atoms with van der Waals surface area (Å²) in [5, 5.41) is 14.1. The first-order valence-electron chi connectivity index (χ1n) is 6.07. The van der Waals surface area contributed by atoms with Crippen molar-refractivity contribution in [3.8, 4) is 0 Å². The number of thiazole rings is 1. The van der Waals surface area contributed by atoms with Crippen LogP contribution in [0.25, 0.3) is 4.96 Å². The maximum atomic E-state index is 9.66. The zero-order valence-corrected chi connectivity index (χ0v) is 11.6. The van der Waals surface area contributed by atoms with Crippen molar-refractivity contribution in [2.75, 3.05) is 0 Å². The van der Waals surface area contributed by atoms with E-state index >= 15 is 0 Å². The molecular weight excluding hydrogens is 260 g/mol. The summed E-state index contributed by atoms with van der Waals surface area (Å²) < 4.78 is 1.80. The van der Waals surface area contributed by atoms with Crippen LogP contribution in [-0.2, 0) is 6.42 Å². The van der Waals surface area contributed by atoms with E-state index < -0.39 is 6.10 Å². The molecule has 3 aromatic rings. The monoisotopic (exact) mass is 274 g/mol. The SMILES string of the molecule is Cc1c(C(C)O)sc2nc(Cc3cccnc3)nn12. The largest absolute Gasteiger partial charge is 0.388 e. The fraction of sp³-hybridized carbons (Fsp3) is 0.308. The summed E-state index contributed by atoms with van der Waals surface area (Å²) in [4.78, 5) is 10.3. The van der Waals surface area contributed by atoms with Gasteiger partial charge in [0.2, 0.25) is 4.96 Å². The van der Waals surface area contributed by atoms with Gasteiger partial charge in [-0.2, -0.15) is 0 Å². The van der Waals surface area contributed by atoms with Crippen LogP contribution in [0.1, 0.15) is 35.0 Å². The minimum atomic E-state index is -0.477. The minimum Gasteiger partial charge on any atom is -0.388 e. The molecule has 3 rings (SSSR count). The van der Waals surface area contributed by atoms with Crippen molar-refractivity contribution in [2.45, 2.75) is 26.4 Å². The van der Waals surface area contributed by atoms with Crippen LogP contribution in [0.15, 0.2) is 24.5 Å². The lowest BCUT2D eigenvalue weighted by Crippen LogP contribution is -1.96. The molecule has 3 aromatic heterocycles. The summed E-state index contributed by atoms with van der Waals surface area (Å²) in [6, 6.07) is 3.92. The van der Waals surface area contributed by atoms with Gasteiger partial charge >= 0.3 is 0 Å². The second-order valence-electron chi connectivity index (χ2n) is 4.49. The number of aliphatic hydroxyl groups is 1. The molecule has 0 bridgehead atoms. The molecule has 98 valence electrons. The van der Waals surface area contributed by atoms with Gasteiger partial charge in [0.1, 0.15) is 0 Å². The van der Waals surface area contributed by atoms with Gasteiger partial charge in [0.15, 0.2) is 5.82 Å². The molecule has 0 saturated heterocycles. The van der Waals surface area contributed by atoms with Crippen LogP contribution in [0.5, 0.6) is 0 Å². The number of aromatic nitrogens is 4. The number of aryl methyl sites for hydroxylation is 1. The summed E-state index contributed by atoms with van der Waals surface area (Å²) in [6.45, 7) is 3.71. The Kier molecular flexibility index (Phi) is 3.04. The second-order valence-corrected chi connectivity index (χ2v) is 5.50. The lowest BCUT2D eigenvalue weighted by molar-refractivity contribution is 0.202. The van der Waals surface area contributed by atoms with Crippen molar-refractivity contribution in [3.63, 3.8) is 0 Å². The molecule has 0 fully saturated rings. The van der Waals surface area contributed by atoms with Crippen molar-refractivity contribution < 1.29 is 5.11 Å². The van der Waals surface area contributed by atoms with Crippen molar-refractivity contribution in [1.29, 1.82) is 0 Å². The highest BCUT2D eigenvalue weighted by Gasteiger charge is 2.16. The first kappa shape index (κ1) is 12.3. The average molecular weight is 274 g/mol. The number of hydrogen-bond acceptors (Lipinski definition) is 5. The molecule has 5 nitrogen and oxygen atoms in total. The summed E-state index contributed by atoms with van der Waals surface area (Å²) in [7, 11) is 0. The van der Waals surface area contributed by atoms with Crippen LogP contribution in [0.4, 0.5) is 0 Å². The predicted molar refractivity (Wildman–Crippen MR) is 73.3 cm³/mol. The third-order valence-corrected chi connectivity index (χ3v) is 4.26. The Morgan fingerprint density at radius 1 is 1.47 bits per heavy atom. The van der Waals surface area contributed by atoms with Crippen LogP contribution in [0, 0.1) is 6.92 Å². The maximum absolute atomic E-state index is 9.66. The van der Waals surface area contributed by atoms with Crippen LogP contribution in [-0.4, -0.2) is 24.7 Å². The van der Waals surface area contributed by atoms with Gasteiger partial charge in [0.05, 0.1) is 16.7 Å². The molecule has 1 unspecified atom stereocenters. The van der Waals surface area contributed by atoms with Gasteiger partial charge in [0, 0.05) is 18.8 Å². The third kappa shape index (κ3) is 2.24. The van der Waals surface area contributed by atoms with Gasteiger partial charge in [-0.05, 0) is 25.5 Å². The van der Waals surface area contributed by atoms with Gasteiger partial charge in [0.25, 0.3) is 0 Å². The Morgan fingerprint density at radius 2 is 2.32 bits per heavy atom. The zero-order chi connectivity index (χ0) is 13.4. The zero-order valence-electron chi connectivity index (χ0n) is 10.7. The molecule has 0 saturated carbocycles. The summed E-state index contributed by atoms with van der Waals surface area (Å²) >= 11 is 1.49. The maximum Gasteiger partial charge on any atom is 0.212 e. The van der Waals surface area contributed by atoms with E-state index in [2.05, 4.69) is 15.1 Å². The number of rotatable bonds is 3. The molecule has 1 N–H and O–H groups in total. The third-order valence-electron chi connectivity index (χ3n) is 2.96. The molecular formula is C13H14N4OS. The standard InChI is InChI=1S/C13H14N4OS/c1-8-12(9(2)18)19-13-15-11(16-17(8)13)6-10-4-3-5-14-7-10/h3-5,7,9,18H,6H2,1-2H3. The van der Waals surface area contributed by atoms with E-state index in [0.29, 0.717) is 6.42 Å². The number of aliphatic hydroxyl groups excluding tert-OH is 1. The minimum absolute atomic E-state index is 0.477. The van der Waals surface area contributed by atoms with Crippen LogP contribution in [0.3, 0.4) is 0 Å². The molecule has 0 aliphatic heterocycles. The first-order chi connectivity index (χ1) is 9.15. The molecule has 0 spiro atoms. The Labute approximate surface area is 114 Å². The van der Waals surface area contributed by atoms with E-state index in [1.165, 1.54) is 11.3 Å². The first-order valence-corrected chi connectivity index (χ1v) is 6.88. The Balaban J connectivity index is 1.95. The normalized spacial score (nSPS) is 13.0. The molecule has 0 aromatic carbocycles. The van der Waals surface area contributed by atoms with Crippen molar-refractivity contribution >= 4 is 16.3 Å². The second kappa shape index (κ2) is 4.71. The molecule has 1 atom stereocenters. The molecule has 19 heavy (non-hydrogen) atoms. The number of hydrogen-bond donors (Lipinski definition) is 1. The molecule has 0 radical (unpaired) electrons. The lowest BCUT2D eigenvalue weighted by Gasteiger charge is -2.00.